The van der Waals surface area contributed by atoms with E-state index < -0.39 is 5.91 Å². The Kier molecular flexibility index (Phi) is 8.27. The normalized spacial score (nSPS) is 11.1. The van der Waals surface area contributed by atoms with Gasteiger partial charge < -0.3 is 14.0 Å². The van der Waals surface area contributed by atoms with Crippen LogP contribution in [0.5, 0.6) is 11.5 Å². The smallest absolute Gasteiger partial charge is 0.276 e. The molecule has 1 N–H and O–H groups in total. The van der Waals surface area contributed by atoms with Crippen LogP contribution in [0.3, 0.4) is 0 Å². The van der Waals surface area contributed by atoms with Gasteiger partial charge >= 0.3 is 0 Å². The Bertz CT molecular complexity index is 938. The fraction of sp³-hybridized carbons (Fsp3) is 0.381. The van der Waals surface area contributed by atoms with Crippen LogP contribution in [-0.4, -0.2) is 29.9 Å². The molecule has 0 radical (unpaired) electrons. The molecule has 7 nitrogen and oxygen atoms in total. The van der Waals surface area contributed by atoms with Gasteiger partial charge in [0.05, 0.1) is 24.5 Å². The predicted octanol–water partition coefficient (Wildman–Crippen LogP) is 4.03. The van der Waals surface area contributed by atoms with Gasteiger partial charge in [0.1, 0.15) is 5.56 Å². The number of aromatic nitrogens is 1. The van der Waals surface area contributed by atoms with Crippen molar-refractivity contribution >= 4 is 23.7 Å². The molecule has 2 aromatic rings. The minimum atomic E-state index is -0.583. The minimum absolute atomic E-state index is 0.0229. The van der Waals surface area contributed by atoms with Crippen LogP contribution in [0, 0.1) is 0 Å². The lowest BCUT2D eigenvalue weighted by Gasteiger charge is -2.13. The molecule has 0 saturated heterocycles. The molecule has 1 heterocycles. The van der Waals surface area contributed by atoms with E-state index in [1.807, 2.05) is 27.7 Å². The number of pyridine rings is 1. The number of carbonyl (C=O) groups excluding carboxylic acids is 1. The van der Waals surface area contributed by atoms with E-state index in [0.29, 0.717) is 35.3 Å². The highest BCUT2D eigenvalue weighted by molar-refractivity contribution is 6.32. The Morgan fingerprint density at radius 2 is 2.07 bits per heavy atom. The van der Waals surface area contributed by atoms with Crippen LogP contribution in [0.25, 0.3) is 0 Å². The van der Waals surface area contributed by atoms with Gasteiger partial charge in [-0.3, -0.25) is 9.59 Å². The van der Waals surface area contributed by atoms with E-state index in [1.165, 1.54) is 16.8 Å². The van der Waals surface area contributed by atoms with Crippen LogP contribution in [-0.2, 0) is 0 Å². The fourth-order valence-electron chi connectivity index (χ4n) is 2.58. The fourth-order valence-corrected chi connectivity index (χ4v) is 2.86. The first-order valence-corrected chi connectivity index (χ1v) is 9.90. The zero-order valence-corrected chi connectivity index (χ0v) is 17.8. The lowest BCUT2D eigenvalue weighted by atomic mass is 10.2. The Morgan fingerprint density at radius 1 is 1.31 bits per heavy atom. The molecule has 8 heteroatoms. The van der Waals surface area contributed by atoms with Gasteiger partial charge in [-0.25, -0.2) is 5.43 Å². The Morgan fingerprint density at radius 3 is 2.72 bits per heavy atom. The summed E-state index contributed by atoms with van der Waals surface area (Å²) >= 11 is 6.31. The molecule has 2 rings (SSSR count). The Labute approximate surface area is 175 Å². The van der Waals surface area contributed by atoms with Crippen LogP contribution >= 0.6 is 11.6 Å². The molecule has 1 aromatic heterocycles. The monoisotopic (exact) mass is 419 g/mol. The number of amides is 1. The summed E-state index contributed by atoms with van der Waals surface area (Å²) in [5.74, 6) is 0.402. The molecule has 0 atom stereocenters. The summed E-state index contributed by atoms with van der Waals surface area (Å²) in [7, 11) is 0. The maximum Gasteiger partial charge on any atom is 0.276 e. The van der Waals surface area contributed by atoms with Crippen molar-refractivity contribution in [2.24, 2.45) is 5.10 Å². The van der Waals surface area contributed by atoms with Crippen molar-refractivity contribution in [3.8, 4) is 11.5 Å². The van der Waals surface area contributed by atoms with Crippen molar-refractivity contribution in [2.45, 2.75) is 40.2 Å². The summed E-state index contributed by atoms with van der Waals surface area (Å²) in [5, 5.41) is 4.33. The van der Waals surface area contributed by atoms with Crippen molar-refractivity contribution in [2.75, 3.05) is 13.2 Å². The molecule has 0 saturated carbocycles. The first kappa shape index (κ1) is 22.5. The Balaban J connectivity index is 2.19. The van der Waals surface area contributed by atoms with Crippen molar-refractivity contribution in [1.82, 2.24) is 9.99 Å². The molecule has 156 valence electrons. The largest absolute Gasteiger partial charge is 0.490 e. The molecule has 0 aliphatic carbocycles. The number of benzene rings is 1. The molecular formula is C21H26ClN3O4. The highest BCUT2D eigenvalue weighted by Crippen LogP contribution is 2.36. The van der Waals surface area contributed by atoms with Gasteiger partial charge in [-0.05, 0) is 57.0 Å². The Hall–Kier alpha value is -2.80. The van der Waals surface area contributed by atoms with Gasteiger partial charge in [-0.1, -0.05) is 18.5 Å². The summed E-state index contributed by atoms with van der Waals surface area (Å²) < 4.78 is 12.7. The first-order valence-electron chi connectivity index (χ1n) is 9.52. The summed E-state index contributed by atoms with van der Waals surface area (Å²) in [5.41, 5.74) is 2.65. The van der Waals surface area contributed by atoms with Crippen LogP contribution in [0.15, 0.2) is 40.4 Å². The van der Waals surface area contributed by atoms with Gasteiger partial charge in [-0.15, -0.1) is 0 Å². The number of halogens is 1. The minimum Gasteiger partial charge on any atom is -0.490 e. The second-order valence-corrected chi connectivity index (χ2v) is 6.95. The molecule has 1 aromatic carbocycles. The van der Waals surface area contributed by atoms with Crippen molar-refractivity contribution in [3.05, 3.63) is 57.0 Å². The third kappa shape index (κ3) is 5.84. The maximum absolute atomic E-state index is 12.4. The van der Waals surface area contributed by atoms with Crippen molar-refractivity contribution < 1.29 is 14.3 Å². The molecular weight excluding hydrogens is 394 g/mol. The number of nitrogens with one attached hydrogen (secondary N) is 1. The highest BCUT2D eigenvalue weighted by atomic mass is 35.5. The van der Waals surface area contributed by atoms with E-state index in [4.69, 9.17) is 21.1 Å². The lowest BCUT2D eigenvalue weighted by Crippen LogP contribution is -2.31. The zero-order valence-electron chi connectivity index (χ0n) is 17.1. The SMILES string of the molecule is CCCOc1c(Cl)cc(/C=N\NC(=O)c2cccn(C(C)C)c2=O)cc1OCC. The molecule has 0 spiro atoms. The number of carbonyl (C=O) groups is 1. The molecule has 0 fully saturated rings. The third-order valence-corrected chi connectivity index (χ3v) is 4.22. The van der Waals surface area contributed by atoms with E-state index in [9.17, 15) is 9.59 Å². The summed E-state index contributed by atoms with van der Waals surface area (Å²) in [6, 6.07) is 6.47. The van der Waals surface area contributed by atoms with Crippen LogP contribution in [0.4, 0.5) is 0 Å². The van der Waals surface area contributed by atoms with Gasteiger partial charge in [0.2, 0.25) is 0 Å². The molecule has 1 amide bonds. The van der Waals surface area contributed by atoms with Gasteiger partial charge in [-0.2, -0.15) is 5.10 Å². The standard InChI is InChI=1S/C21H26ClN3O4/c1-5-10-29-19-17(22)11-15(12-18(19)28-6-2)13-23-24-20(26)16-8-7-9-25(14(3)4)21(16)27/h7-9,11-14H,5-6,10H2,1-4H3,(H,24,26)/b23-13-. The number of hydrazone groups is 1. The number of rotatable bonds is 9. The zero-order chi connectivity index (χ0) is 21.4. The van der Waals surface area contributed by atoms with Crippen LogP contribution in [0.2, 0.25) is 5.02 Å². The molecule has 0 bridgehead atoms. The quantitative estimate of drug-likeness (QED) is 0.491. The number of ether oxygens (including phenoxy) is 2. The molecule has 29 heavy (non-hydrogen) atoms. The third-order valence-electron chi connectivity index (χ3n) is 3.94. The second kappa shape index (κ2) is 10.7. The lowest BCUT2D eigenvalue weighted by molar-refractivity contribution is 0.0953. The molecule has 0 unspecified atom stereocenters. The van der Waals surface area contributed by atoms with Gasteiger partial charge in [0.25, 0.3) is 11.5 Å². The number of nitrogens with zero attached hydrogens (tertiary/aromatic N) is 2. The van der Waals surface area contributed by atoms with Crippen LogP contribution in [0.1, 0.15) is 56.1 Å². The second-order valence-electron chi connectivity index (χ2n) is 6.54. The van der Waals surface area contributed by atoms with E-state index in [2.05, 4.69) is 10.5 Å². The van der Waals surface area contributed by atoms with Crippen molar-refractivity contribution in [1.29, 1.82) is 0 Å². The average molecular weight is 420 g/mol. The topological polar surface area (TPSA) is 81.9 Å². The van der Waals surface area contributed by atoms with Crippen LogP contribution < -0.4 is 20.5 Å². The molecule has 0 aliphatic rings. The average Bonchev–Trinajstić information content (AvgIpc) is 2.67. The highest BCUT2D eigenvalue weighted by Gasteiger charge is 2.14. The van der Waals surface area contributed by atoms with Gasteiger partial charge in [0, 0.05) is 12.2 Å². The maximum atomic E-state index is 12.4. The summed E-state index contributed by atoms with van der Waals surface area (Å²) in [6.07, 6.45) is 3.92. The summed E-state index contributed by atoms with van der Waals surface area (Å²) in [4.78, 5) is 24.7. The number of hydrogen-bond acceptors (Lipinski definition) is 5. The molecule has 0 aliphatic heterocycles. The first-order chi connectivity index (χ1) is 13.9. The number of hydrogen-bond donors (Lipinski definition) is 1. The summed E-state index contributed by atoms with van der Waals surface area (Å²) in [6.45, 7) is 8.58. The van der Waals surface area contributed by atoms with Crippen molar-refractivity contribution in [3.63, 3.8) is 0 Å². The predicted molar refractivity (Wildman–Crippen MR) is 115 cm³/mol. The van der Waals surface area contributed by atoms with E-state index in [-0.39, 0.29) is 17.2 Å². The van der Waals surface area contributed by atoms with Gasteiger partial charge in [0.15, 0.2) is 11.5 Å². The van der Waals surface area contributed by atoms with E-state index in [1.54, 1.807) is 24.4 Å². The van der Waals surface area contributed by atoms with E-state index in [0.717, 1.165) is 6.42 Å². The van der Waals surface area contributed by atoms with E-state index >= 15 is 0 Å².